The van der Waals surface area contributed by atoms with Crippen LogP contribution in [0.4, 0.5) is 0 Å². The van der Waals surface area contributed by atoms with Gasteiger partial charge in [-0.2, -0.15) is 0 Å². The Kier molecular flexibility index (Phi) is 5.26. The van der Waals surface area contributed by atoms with Gasteiger partial charge in [-0.05, 0) is 46.7 Å². The van der Waals surface area contributed by atoms with Crippen LogP contribution in [0.1, 0.15) is 19.4 Å². The lowest BCUT2D eigenvalue weighted by Gasteiger charge is -2.11. The molecule has 1 aromatic rings. The van der Waals surface area contributed by atoms with Gasteiger partial charge < -0.3 is 0 Å². The summed E-state index contributed by atoms with van der Waals surface area (Å²) in [5, 5.41) is 0. The monoisotopic (exact) mass is 380 g/mol. The van der Waals surface area contributed by atoms with E-state index in [0.717, 1.165) is 6.42 Å². The second-order valence-corrected chi connectivity index (χ2v) is 6.21. The molecule has 82 valence electrons. The number of rotatable bonds is 4. The minimum atomic E-state index is -0.0595. The Morgan fingerprint density at radius 1 is 1.47 bits per heavy atom. The van der Waals surface area contributed by atoms with Crippen molar-refractivity contribution >= 4 is 44.3 Å². The Balaban J connectivity index is 2.66. The first-order valence-corrected chi connectivity index (χ1v) is 6.92. The average molecular weight is 381 g/mol. The number of ketones is 1. The lowest BCUT2D eigenvalue weighted by molar-refractivity contribution is -0.121. The lowest BCUT2D eigenvalue weighted by Crippen LogP contribution is -2.21. The summed E-state index contributed by atoms with van der Waals surface area (Å²) < 4.78 is 1.21. The third-order valence-electron chi connectivity index (χ3n) is 2.18. The lowest BCUT2D eigenvalue weighted by atomic mass is 10.0. The Labute approximate surface area is 113 Å². The molecule has 1 atom stereocenters. The van der Waals surface area contributed by atoms with Gasteiger partial charge in [0.15, 0.2) is 0 Å². The predicted molar refractivity (Wildman–Crippen MR) is 75.4 cm³/mol. The first kappa shape index (κ1) is 13.2. The van der Waals surface area contributed by atoms with Crippen molar-refractivity contribution in [2.45, 2.75) is 25.1 Å². The molecular weight excluding hydrogens is 367 g/mol. The zero-order chi connectivity index (χ0) is 11.4. The molecule has 1 unspecified atom stereocenters. The minimum absolute atomic E-state index is 0.0595. The van der Waals surface area contributed by atoms with Crippen LogP contribution in [0.25, 0.3) is 0 Å². The van der Waals surface area contributed by atoms with Crippen molar-refractivity contribution in [3.8, 4) is 0 Å². The summed E-state index contributed by atoms with van der Waals surface area (Å²) in [6.45, 7) is 3.87. The predicted octanol–water partition coefficient (Wildman–Crippen LogP) is 3.82. The van der Waals surface area contributed by atoms with Crippen LogP contribution in [0.2, 0.25) is 0 Å². The van der Waals surface area contributed by atoms with Crippen LogP contribution in [0, 0.1) is 9.49 Å². The van der Waals surface area contributed by atoms with Crippen molar-refractivity contribution in [3.05, 3.63) is 33.4 Å². The molecule has 1 aromatic carbocycles. The zero-order valence-electron chi connectivity index (χ0n) is 8.84. The topological polar surface area (TPSA) is 17.1 Å². The summed E-state index contributed by atoms with van der Waals surface area (Å²) >= 11 is 5.74. The number of carbonyl (C=O) groups is 1. The first-order valence-electron chi connectivity index (χ1n) is 4.93. The van der Waals surface area contributed by atoms with Crippen LogP contribution < -0.4 is 0 Å². The summed E-state index contributed by atoms with van der Waals surface area (Å²) in [6, 6.07) is 8.25. The molecule has 3 heteroatoms. The third-order valence-corrected chi connectivity index (χ3v) is 3.63. The number of alkyl halides is 1. The van der Waals surface area contributed by atoms with Gasteiger partial charge in [0, 0.05) is 9.49 Å². The molecule has 0 aliphatic heterocycles. The Bertz CT molecular complexity index is 349. The smallest absolute Gasteiger partial charge is 0.149 e. The van der Waals surface area contributed by atoms with E-state index >= 15 is 0 Å². The van der Waals surface area contributed by atoms with Crippen LogP contribution in [0.5, 0.6) is 0 Å². The van der Waals surface area contributed by atoms with Gasteiger partial charge >= 0.3 is 0 Å². The van der Waals surface area contributed by atoms with E-state index in [9.17, 15) is 4.79 Å². The number of hydrogen-bond donors (Lipinski definition) is 0. The van der Waals surface area contributed by atoms with Gasteiger partial charge in [-0.3, -0.25) is 4.79 Å². The molecular formula is C12H14BrIO. The summed E-state index contributed by atoms with van der Waals surface area (Å²) in [5.74, 6) is 0.367. The second-order valence-electron chi connectivity index (χ2n) is 3.86. The van der Waals surface area contributed by atoms with Gasteiger partial charge in [0.05, 0.1) is 4.83 Å². The van der Waals surface area contributed by atoms with Gasteiger partial charge in [-0.25, -0.2) is 0 Å². The van der Waals surface area contributed by atoms with Crippen LogP contribution in [-0.2, 0) is 11.2 Å². The summed E-state index contributed by atoms with van der Waals surface area (Å²) in [6.07, 6.45) is 0.772. The van der Waals surface area contributed by atoms with E-state index in [1.807, 2.05) is 19.9 Å². The van der Waals surface area contributed by atoms with Crippen LogP contribution in [0.3, 0.4) is 0 Å². The maximum absolute atomic E-state index is 11.7. The molecule has 0 N–H and O–H groups in total. The molecule has 0 heterocycles. The Hall–Kier alpha value is 0.100. The van der Waals surface area contributed by atoms with E-state index in [2.05, 4.69) is 56.7 Å². The highest BCUT2D eigenvalue weighted by Gasteiger charge is 2.18. The first-order chi connectivity index (χ1) is 7.00. The number of Topliss-reactive ketones (excluding diaryl/α,β-unsaturated/α-hetero) is 1. The molecule has 15 heavy (non-hydrogen) atoms. The molecule has 0 aromatic heterocycles. The van der Waals surface area contributed by atoms with E-state index in [0.29, 0.717) is 0 Å². The van der Waals surface area contributed by atoms with Gasteiger partial charge in [-0.15, -0.1) is 0 Å². The van der Waals surface area contributed by atoms with Gasteiger partial charge in [0.25, 0.3) is 0 Å². The van der Waals surface area contributed by atoms with Crippen LogP contribution in [0.15, 0.2) is 24.3 Å². The van der Waals surface area contributed by atoms with Crippen molar-refractivity contribution < 1.29 is 4.79 Å². The fourth-order valence-electron chi connectivity index (χ4n) is 1.33. The molecule has 0 saturated heterocycles. The van der Waals surface area contributed by atoms with E-state index in [1.165, 1.54) is 9.13 Å². The highest BCUT2D eigenvalue weighted by Crippen LogP contribution is 2.16. The zero-order valence-corrected chi connectivity index (χ0v) is 12.6. The van der Waals surface area contributed by atoms with Crippen LogP contribution >= 0.6 is 38.5 Å². The van der Waals surface area contributed by atoms with Crippen molar-refractivity contribution in [1.82, 2.24) is 0 Å². The molecule has 1 rings (SSSR count). The van der Waals surface area contributed by atoms with E-state index in [4.69, 9.17) is 0 Å². The molecule has 1 nitrogen and oxygen atoms in total. The van der Waals surface area contributed by atoms with Crippen molar-refractivity contribution in [2.24, 2.45) is 5.92 Å². The Morgan fingerprint density at radius 2 is 2.13 bits per heavy atom. The quantitative estimate of drug-likeness (QED) is 0.573. The maximum Gasteiger partial charge on any atom is 0.149 e. The maximum atomic E-state index is 11.7. The molecule has 0 fully saturated rings. The summed E-state index contributed by atoms with van der Waals surface area (Å²) in [7, 11) is 0. The normalized spacial score (nSPS) is 12.9. The molecule has 0 spiro atoms. The van der Waals surface area contributed by atoms with E-state index < -0.39 is 0 Å². The average Bonchev–Trinajstić information content (AvgIpc) is 2.16. The molecule has 0 bridgehead atoms. The summed E-state index contributed by atoms with van der Waals surface area (Å²) in [5.41, 5.74) is 1.21. The van der Waals surface area contributed by atoms with Crippen molar-refractivity contribution in [1.29, 1.82) is 0 Å². The standard InChI is InChI=1S/C12H14BrIO/c1-8(2)12(15)11(13)7-9-4-3-5-10(14)6-9/h3-6,8,11H,7H2,1-2H3. The minimum Gasteiger partial charge on any atom is -0.298 e. The Morgan fingerprint density at radius 3 is 2.67 bits per heavy atom. The number of halogens is 2. The fraction of sp³-hybridized carbons (Fsp3) is 0.417. The highest BCUT2D eigenvalue weighted by atomic mass is 127. The SMILES string of the molecule is CC(C)C(=O)C(Br)Cc1cccc(I)c1. The van der Waals surface area contributed by atoms with Crippen molar-refractivity contribution in [2.75, 3.05) is 0 Å². The second kappa shape index (κ2) is 5.99. The van der Waals surface area contributed by atoms with Gasteiger partial charge in [0.2, 0.25) is 0 Å². The van der Waals surface area contributed by atoms with E-state index in [-0.39, 0.29) is 16.5 Å². The summed E-state index contributed by atoms with van der Waals surface area (Å²) in [4.78, 5) is 11.6. The highest BCUT2D eigenvalue weighted by molar-refractivity contribution is 14.1. The molecule has 0 aliphatic rings. The molecule has 0 aliphatic carbocycles. The number of carbonyl (C=O) groups excluding carboxylic acids is 1. The van der Waals surface area contributed by atoms with Crippen molar-refractivity contribution in [3.63, 3.8) is 0 Å². The number of hydrogen-bond acceptors (Lipinski definition) is 1. The largest absolute Gasteiger partial charge is 0.298 e. The molecule has 0 amide bonds. The molecule has 0 radical (unpaired) electrons. The van der Waals surface area contributed by atoms with Gasteiger partial charge in [0.1, 0.15) is 5.78 Å². The van der Waals surface area contributed by atoms with Crippen LogP contribution in [-0.4, -0.2) is 10.6 Å². The van der Waals surface area contributed by atoms with Gasteiger partial charge in [-0.1, -0.05) is 41.9 Å². The molecule has 0 saturated carbocycles. The third kappa shape index (κ3) is 4.23. The van der Waals surface area contributed by atoms with E-state index in [1.54, 1.807) is 0 Å². The fourth-order valence-corrected chi connectivity index (χ4v) is 2.84. The number of benzene rings is 1.